The first-order valence-corrected chi connectivity index (χ1v) is 4.91. The van der Waals surface area contributed by atoms with Crippen LogP contribution in [0.25, 0.3) is 0 Å². The molecule has 78 valence electrons. The van der Waals surface area contributed by atoms with Crippen molar-refractivity contribution in [3.8, 4) is 0 Å². The Morgan fingerprint density at radius 3 is 2.36 bits per heavy atom. The van der Waals surface area contributed by atoms with E-state index in [4.69, 9.17) is 0 Å². The molecule has 14 heavy (non-hydrogen) atoms. The molecule has 0 N–H and O–H groups in total. The molecule has 0 spiro atoms. The molecule has 0 amide bonds. The van der Waals surface area contributed by atoms with Crippen molar-refractivity contribution in [3.63, 3.8) is 0 Å². The molecule has 1 rings (SSSR count). The van der Waals surface area contributed by atoms with Crippen molar-refractivity contribution in [1.29, 1.82) is 0 Å². The maximum Gasteiger partial charge on any atom is 0.286 e. The average Bonchev–Trinajstić information content (AvgIpc) is 2.14. The van der Waals surface area contributed by atoms with Crippen molar-refractivity contribution >= 4 is 21.6 Å². The minimum absolute atomic E-state index is 0.0990. The fraction of sp³-hybridized carbons (Fsp3) is 0.333. The molecular weight excluding hydrogens is 253 g/mol. The Kier molecular flexibility index (Phi) is 5.30. The van der Waals surface area contributed by atoms with E-state index in [9.17, 15) is 14.5 Å². The quantitative estimate of drug-likeness (QED) is 0.571. The largest absolute Gasteiger partial charge is 0.286 e. The van der Waals surface area contributed by atoms with Gasteiger partial charge in [0.25, 0.3) is 5.69 Å². The number of hydrogen-bond donors (Lipinski definition) is 0. The van der Waals surface area contributed by atoms with Crippen LogP contribution in [0, 0.1) is 22.9 Å². The minimum atomic E-state index is -0.625. The second-order valence-corrected chi connectivity index (χ2v) is 3.13. The molecule has 0 heterocycles. The van der Waals surface area contributed by atoms with Crippen LogP contribution in [0.2, 0.25) is 0 Å². The number of benzene rings is 1. The summed E-state index contributed by atoms with van der Waals surface area (Å²) < 4.78 is 12.8. The fourth-order valence-electron chi connectivity index (χ4n) is 0.839. The number of nitro groups is 1. The first kappa shape index (κ1) is 13.0. The summed E-state index contributed by atoms with van der Waals surface area (Å²) in [5, 5.41) is 10.3. The molecule has 0 radical (unpaired) electrons. The van der Waals surface area contributed by atoms with E-state index in [0.29, 0.717) is 5.56 Å². The van der Waals surface area contributed by atoms with Gasteiger partial charge in [0.2, 0.25) is 0 Å². The van der Waals surface area contributed by atoms with Gasteiger partial charge in [-0.25, -0.2) is 4.39 Å². The van der Waals surface area contributed by atoms with E-state index in [1.165, 1.54) is 12.1 Å². The Morgan fingerprint density at radius 2 is 1.93 bits per heavy atom. The molecule has 0 aromatic heterocycles. The monoisotopic (exact) mass is 263 g/mol. The molecule has 1 aromatic rings. The fourth-order valence-corrected chi connectivity index (χ4v) is 1.21. The van der Waals surface area contributed by atoms with Crippen molar-refractivity contribution in [2.75, 3.05) is 0 Å². The Labute approximate surface area is 90.2 Å². The van der Waals surface area contributed by atoms with Crippen molar-refractivity contribution in [2.24, 2.45) is 0 Å². The molecule has 0 saturated carbocycles. The molecule has 0 aliphatic rings. The van der Waals surface area contributed by atoms with Gasteiger partial charge in [0.1, 0.15) is 10.3 Å². The number of halogens is 2. The maximum absolute atomic E-state index is 12.8. The highest BCUT2D eigenvalue weighted by Gasteiger charge is 2.15. The lowest BCUT2D eigenvalue weighted by molar-refractivity contribution is -0.385. The summed E-state index contributed by atoms with van der Waals surface area (Å²) in [7, 11) is 0. The van der Waals surface area contributed by atoms with Gasteiger partial charge < -0.3 is 0 Å². The summed E-state index contributed by atoms with van der Waals surface area (Å²) >= 11 is 2.80. The summed E-state index contributed by atoms with van der Waals surface area (Å²) in [5.41, 5.74) is 0.287. The van der Waals surface area contributed by atoms with E-state index < -0.39 is 10.7 Å². The van der Waals surface area contributed by atoms with Crippen LogP contribution in [0.4, 0.5) is 10.1 Å². The normalized spacial score (nSPS) is 8.93. The summed E-state index contributed by atoms with van der Waals surface area (Å²) in [6.45, 7) is 5.60. The highest BCUT2D eigenvalue weighted by atomic mass is 79.9. The van der Waals surface area contributed by atoms with Crippen LogP contribution in [-0.2, 0) is 0 Å². The summed E-state index contributed by atoms with van der Waals surface area (Å²) in [5.74, 6) is -0.610. The number of nitro benzene ring substituents is 1. The predicted octanol–water partition coefficient (Wildman–Crippen LogP) is 3.83. The molecule has 0 atom stereocenters. The van der Waals surface area contributed by atoms with E-state index in [-0.39, 0.29) is 10.2 Å². The third-order valence-electron chi connectivity index (χ3n) is 1.35. The molecule has 0 unspecified atom stereocenters. The molecule has 0 bridgehead atoms. The van der Waals surface area contributed by atoms with Crippen molar-refractivity contribution in [1.82, 2.24) is 0 Å². The predicted molar refractivity (Wildman–Crippen MR) is 56.8 cm³/mol. The number of hydrogen-bond acceptors (Lipinski definition) is 2. The third-order valence-corrected chi connectivity index (χ3v) is 2.14. The van der Waals surface area contributed by atoms with Crippen LogP contribution >= 0.6 is 15.9 Å². The minimum Gasteiger partial charge on any atom is -0.258 e. The average molecular weight is 264 g/mol. The Hall–Kier alpha value is -0.970. The van der Waals surface area contributed by atoms with Gasteiger partial charge in [-0.3, -0.25) is 10.1 Å². The van der Waals surface area contributed by atoms with Gasteiger partial charge in [-0.15, -0.1) is 0 Å². The van der Waals surface area contributed by atoms with Crippen molar-refractivity contribution in [2.45, 2.75) is 20.8 Å². The second-order valence-electron chi connectivity index (χ2n) is 2.34. The molecule has 0 aliphatic carbocycles. The summed E-state index contributed by atoms with van der Waals surface area (Å²) in [6.07, 6.45) is 0. The molecule has 0 saturated heterocycles. The maximum atomic E-state index is 12.8. The van der Waals surface area contributed by atoms with E-state index in [1.807, 2.05) is 13.8 Å². The second kappa shape index (κ2) is 5.70. The lowest BCUT2D eigenvalue weighted by Gasteiger charge is -1.98. The standard InChI is InChI=1S/C7H5BrFNO2.C2H6/c1-4-2-5(9)7(8)6(3-4)10(11)12;1-2/h2-3H,1H3;1-2H3. The van der Waals surface area contributed by atoms with E-state index in [1.54, 1.807) is 6.92 Å². The topological polar surface area (TPSA) is 43.1 Å². The lowest BCUT2D eigenvalue weighted by atomic mass is 10.2. The summed E-state index contributed by atoms with van der Waals surface area (Å²) in [4.78, 5) is 9.71. The van der Waals surface area contributed by atoms with Crippen LogP contribution in [-0.4, -0.2) is 4.92 Å². The van der Waals surface area contributed by atoms with Gasteiger partial charge in [0.15, 0.2) is 0 Å². The van der Waals surface area contributed by atoms with Crippen LogP contribution in [0.5, 0.6) is 0 Å². The van der Waals surface area contributed by atoms with Gasteiger partial charge in [-0.1, -0.05) is 13.8 Å². The first-order valence-electron chi connectivity index (χ1n) is 4.12. The third kappa shape index (κ3) is 3.06. The molecule has 0 aliphatic heterocycles. The number of nitrogens with zero attached hydrogens (tertiary/aromatic N) is 1. The number of aryl methyl sites for hydroxylation is 1. The zero-order chi connectivity index (χ0) is 11.3. The van der Waals surface area contributed by atoms with Crippen LogP contribution in [0.1, 0.15) is 19.4 Å². The SMILES string of the molecule is CC.Cc1cc(F)c(Br)c([N+](=O)[O-])c1. The lowest BCUT2D eigenvalue weighted by Crippen LogP contribution is -1.92. The molecule has 0 fully saturated rings. The zero-order valence-corrected chi connectivity index (χ0v) is 9.76. The smallest absolute Gasteiger partial charge is 0.258 e. The number of rotatable bonds is 1. The first-order chi connectivity index (χ1) is 6.52. The molecule has 3 nitrogen and oxygen atoms in total. The van der Waals surface area contributed by atoms with Crippen molar-refractivity contribution in [3.05, 3.63) is 38.1 Å². The van der Waals surface area contributed by atoms with E-state index in [0.717, 1.165) is 0 Å². The van der Waals surface area contributed by atoms with Crippen LogP contribution in [0.15, 0.2) is 16.6 Å². The van der Waals surface area contributed by atoms with E-state index >= 15 is 0 Å². The van der Waals surface area contributed by atoms with Gasteiger partial charge in [0, 0.05) is 6.07 Å². The molecular formula is C9H11BrFNO2. The molecule has 1 aromatic carbocycles. The van der Waals surface area contributed by atoms with E-state index in [2.05, 4.69) is 15.9 Å². The van der Waals surface area contributed by atoms with Crippen LogP contribution in [0.3, 0.4) is 0 Å². The van der Waals surface area contributed by atoms with Gasteiger partial charge in [-0.05, 0) is 34.5 Å². The van der Waals surface area contributed by atoms with Crippen molar-refractivity contribution < 1.29 is 9.31 Å². The zero-order valence-electron chi connectivity index (χ0n) is 8.17. The summed E-state index contributed by atoms with van der Waals surface area (Å²) in [6, 6.07) is 2.55. The Morgan fingerprint density at radius 1 is 1.43 bits per heavy atom. The van der Waals surface area contributed by atoms with Crippen LogP contribution < -0.4 is 0 Å². The van der Waals surface area contributed by atoms with Gasteiger partial charge in [-0.2, -0.15) is 0 Å². The highest BCUT2D eigenvalue weighted by molar-refractivity contribution is 9.10. The van der Waals surface area contributed by atoms with Gasteiger partial charge in [0.05, 0.1) is 4.92 Å². The Balaban J connectivity index is 0.000000791. The van der Waals surface area contributed by atoms with Gasteiger partial charge >= 0.3 is 0 Å². The highest BCUT2D eigenvalue weighted by Crippen LogP contribution is 2.28. The molecule has 5 heteroatoms. The Bertz CT molecular complexity index is 342.